The monoisotopic (exact) mass is 301 g/mol. The van der Waals surface area contributed by atoms with Gasteiger partial charge in [-0.3, -0.25) is 4.79 Å². The first-order chi connectivity index (χ1) is 10.5. The summed E-state index contributed by atoms with van der Waals surface area (Å²) in [6.45, 7) is 4.39. The number of aliphatic hydroxyl groups is 1. The van der Waals surface area contributed by atoms with E-state index in [4.69, 9.17) is 9.15 Å². The van der Waals surface area contributed by atoms with Crippen molar-refractivity contribution in [2.45, 2.75) is 26.4 Å². The summed E-state index contributed by atoms with van der Waals surface area (Å²) in [5.41, 5.74) is 2.39. The highest BCUT2D eigenvalue weighted by Crippen LogP contribution is 2.28. The molecule has 5 nitrogen and oxygen atoms in total. The first-order valence-electron chi connectivity index (χ1n) is 7.33. The second-order valence-electron chi connectivity index (χ2n) is 5.52. The molecule has 2 aromatic rings. The third-order valence-corrected chi connectivity index (χ3v) is 3.84. The molecule has 0 radical (unpaired) electrons. The van der Waals surface area contributed by atoms with Crippen molar-refractivity contribution in [1.29, 1.82) is 0 Å². The molecule has 2 N–H and O–H groups in total. The SMILES string of the molecule is Cc1cc(C(=O)NCC(O)c2ccc3c(c2)CCO3)c(C)o1. The van der Waals surface area contributed by atoms with E-state index in [2.05, 4.69) is 5.32 Å². The zero-order chi connectivity index (χ0) is 15.7. The van der Waals surface area contributed by atoms with E-state index >= 15 is 0 Å². The molecule has 116 valence electrons. The van der Waals surface area contributed by atoms with E-state index in [0.29, 0.717) is 23.7 Å². The molecule has 1 amide bonds. The Labute approximate surface area is 128 Å². The maximum Gasteiger partial charge on any atom is 0.254 e. The summed E-state index contributed by atoms with van der Waals surface area (Å²) < 4.78 is 10.8. The highest BCUT2D eigenvalue weighted by atomic mass is 16.5. The van der Waals surface area contributed by atoms with Crippen LogP contribution in [-0.4, -0.2) is 24.2 Å². The summed E-state index contributed by atoms with van der Waals surface area (Å²) >= 11 is 0. The van der Waals surface area contributed by atoms with E-state index in [1.807, 2.05) is 18.2 Å². The van der Waals surface area contributed by atoms with E-state index in [-0.39, 0.29) is 12.5 Å². The van der Waals surface area contributed by atoms with Crippen molar-refractivity contribution < 1.29 is 19.1 Å². The van der Waals surface area contributed by atoms with E-state index in [1.54, 1.807) is 19.9 Å². The maximum atomic E-state index is 12.1. The van der Waals surface area contributed by atoms with Gasteiger partial charge in [-0.1, -0.05) is 6.07 Å². The number of rotatable bonds is 4. The second-order valence-corrected chi connectivity index (χ2v) is 5.52. The van der Waals surface area contributed by atoms with Gasteiger partial charge in [0.15, 0.2) is 0 Å². The number of benzene rings is 1. The molecule has 5 heteroatoms. The van der Waals surface area contributed by atoms with Crippen LogP contribution in [0.1, 0.15) is 39.1 Å². The maximum absolute atomic E-state index is 12.1. The van der Waals surface area contributed by atoms with Crippen LogP contribution < -0.4 is 10.1 Å². The molecule has 0 spiro atoms. The molecule has 0 saturated carbocycles. The molecule has 1 unspecified atom stereocenters. The number of amides is 1. The zero-order valence-electron chi connectivity index (χ0n) is 12.7. The summed E-state index contributed by atoms with van der Waals surface area (Å²) in [6.07, 6.45) is 0.110. The Kier molecular flexibility index (Phi) is 3.90. The van der Waals surface area contributed by atoms with Crippen molar-refractivity contribution in [2.24, 2.45) is 0 Å². The lowest BCUT2D eigenvalue weighted by Crippen LogP contribution is -2.28. The van der Waals surface area contributed by atoms with Gasteiger partial charge in [0.2, 0.25) is 0 Å². The minimum Gasteiger partial charge on any atom is -0.493 e. The summed E-state index contributed by atoms with van der Waals surface area (Å²) in [5.74, 6) is 1.92. The first-order valence-corrected chi connectivity index (χ1v) is 7.33. The molecule has 0 saturated heterocycles. The number of hydrogen-bond donors (Lipinski definition) is 2. The Morgan fingerprint density at radius 2 is 2.18 bits per heavy atom. The van der Waals surface area contributed by atoms with Crippen molar-refractivity contribution in [3.05, 3.63) is 52.5 Å². The van der Waals surface area contributed by atoms with Gasteiger partial charge in [-0.15, -0.1) is 0 Å². The van der Waals surface area contributed by atoms with Gasteiger partial charge in [0, 0.05) is 13.0 Å². The van der Waals surface area contributed by atoms with E-state index < -0.39 is 6.10 Å². The Hall–Kier alpha value is -2.27. The van der Waals surface area contributed by atoms with Crippen LogP contribution in [-0.2, 0) is 6.42 Å². The number of hydrogen-bond acceptors (Lipinski definition) is 4. The van der Waals surface area contributed by atoms with Crippen LogP contribution in [0.2, 0.25) is 0 Å². The fourth-order valence-corrected chi connectivity index (χ4v) is 2.67. The van der Waals surface area contributed by atoms with E-state index in [9.17, 15) is 9.90 Å². The van der Waals surface area contributed by atoms with Gasteiger partial charge in [0.25, 0.3) is 5.91 Å². The number of ether oxygens (including phenoxy) is 1. The molecule has 22 heavy (non-hydrogen) atoms. The predicted molar refractivity (Wildman–Crippen MR) is 81.1 cm³/mol. The van der Waals surface area contributed by atoms with Crippen LogP contribution in [0.4, 0.5) is 0 Å². The highest BCUT2D eigenvalue weighted by molar-refractivity contribution is 5.95. The van der Waals surface area contributed by atoms with Crippen LogP contribution >= 0.6 is 0 Å². The van der Waals surface area contributed by atoms with Crippen molar-refractivity contribution in [2.75, 3.05) is 13.2 Å². The fourth-order valence-electron chi connectivity index (χ4n) is 2.67. The van der Waals surface area contributed by atoms with Crippen LogP contribution in [0.15, 0.2) is 28.7 Å². The largest absolute Gasteiger partial charge is 0.493 e. The lowest BCUT2D eigenvalue weighted by Gasteiger charge is -2.13. The summed E-state index contributed by atoms with van der Waals surface area (Å²) in [4.78, 5) is 12.1. The normalized spacial score (nSPS) is 14.3. The Balaban J connectivity index is 1.63. The fraction of sp³-hybridized carbons (Fsp3) is 0.353. The minimum absolute atomic E-state index is 0.155. The number of carbonyl (C=O) groups excluding carboxylic acids is 1. The van der Waals surface area contributed by atoms with Crippen molar-refractivity contribution >= 4 is 5.91 Å². The molecule has 0 aliphatic carbocycles. The highest BCUT2D eigenvalue weighted by Gasteiger charge is 2.18. The third-order valence-electron chi connectivity index (χ3n) is 3.84. The zero-order valence-corrected chi connectivity index (χ0v) is 12.7. The second kappa shape index (κ2) is 5.85. The summed E-state index contributed by atoms with van der Waals surface area (Å²) in [6, 6.07) is 7.33. The lowest BCUT2D eigenvalue weighted by molar-refractivity contribution is 0.0914. The van der Waals surface area contributed by atoms with Crippen LogP contribution in [0.3, 0.4) is 0 Å². The predicted octanol–water partition coefficient (Wildman–Crippen LogP) is 2.29. The van der Waals surface area contributed by atoms with Crippen LogP contribution in [0.5, 0.6) is 5.75 Å². The molecular weight excluding hydrogens is 282 g/mol. The number of fused-ring (bicyclic) bond motifs is 1. The van der Waals surface area contributed by atoms with Gasteiger partial charge in [0.1, 0.15) is 17.3 Å². The van der Waals surface area contributed by atoms with Gasteiger partial charge in [0.05, 0.1) is 18.3 Å². The van der Waals surface area contributed by atoms with E-state index in [0.717, 1.165) is 23.3 Å². The Morgan fingerprint density at radius 3 is 2.91 bits per heavy atom. The average molecular weight is 301 g/mol. The smallest absolute Gasteiger partial charge is 0.254 e. The van der Waals surface area contributed by atoms with Crippen LogP contribution in [0, 0.1) is 13.8 Å². The molecule has 1 aliphatic rings. The molecule has 0 fully saturated rings. The van der Waals surface area contributed by atoms with Gasteiger partial charge in [-0.25, -0.2) is 0 Å². The number of carbonyl (C=O) groups is 1. The van der Waals surface area contributed by atoms with Gasteiger partial charge in [-0.05, 0) is 43.2 Å². The molecule has 3 rings (SSSR count). The van der Waals surface area contributed by atoms with Crippen molar-refractivity contribution in [1.82, 2.24) is 5.32 Å². The van der Waals surface area contributed by atoms with Gasteiger partial charge < -0.3 is 19.6 Å². The molecule has 1 aliphatic heterocycles. The Morgan fingerprint density at radius 1 is 1.36 bits per heavy atom. The number of nitrogens with one attached hydrogen (secondary N) is 1. The van der Waals surface area contributed by atoms with E-state index in [1.165, 1.54) is 0 Å². The summed E-state index contributed by atoms with van der Waals surface area (Å²) in [7, 11) is 0. The first kappa shape index (κ1) is 14.7. The third kappa shape index (κ3) is 2.85. The minimum atomic E-state index is -0.747. The standard InChI is InChI=1S/C17H19NO4/c1-10-7-14(11(2)22-10)17(20)18-9-15(19)12-3-4-16-13(8-12)5-6-21-16/h3-4,7-8,15,19H,5-6,9H2,1-2H3,(H,18,20). The van der Waals surface area contributed by atoms with Gasteiger partial charge in [-0.2, -0.15) is 0 Å². The van der Waals surface area contributed by atoms with Gasteiger partial charge >= 0.3 is 0 Å². The quantitative estimate of drug-likeness (QED) is 0.909. The number of aryl methyl sites for hydroxylation is 2. The molecule has 2 heterocycles. The Bertz CT molecular complexity index is 705. The molecule has 1 aromatic carbocycles. The lowest BCUT2D eigenvalue weighted by atomic mass is 10.0. The number of aliphatic hydroxyl groups excluding tert-OH is 1. The average Bonchev–Trinajstić information content (AvgIpc) is 3.09. The van der Waals surface area contributed by atoms with Crippen molar-refractivity contribution in [3.8, 4) is 5.75 Å². The summed E-state index contributed by atoms with van der Waals surface area (Å²) in [5, 5.41) is 13.0. The van der Waals surface area contributed by atoms with Crippen LogP contribution in [0.25, 0.3) is 0 Å². The molecule has 1 aromatic heterocycles. The topological polar surface area (TPSA) is 71.7 Å². The van der Waals surface area contributed by atoms with Crippen molar-refractivity contribution in [3.63, 3.8) is 0 Å². The molecule has 1 atom stereocenters. The molecule has 0 bridgehead atoms. The number of furan rings is 1. The molecular formula is C17H19NO4.